The van der Waals surface area contributed by atoms with Crippen LogP contribution in [0.2, 0.25) is 0 Å². The molecule has 0 radical (unpaired) electrons. The minimum Gasteiger partial charge on any atom is -0.292 e. The van der Waals surface area contributed by atoms with E-state index in [-0.39, 0.29) is 0 Å². The number of rotatable bonds is 12. The summed E-state index contributed by atoms with van der Waals surface area (Å²) in [6.07, 6.45) is 0. The molecule has 0 aliphatic carbocycles. The first kappa shape index (κ1) is 85.7. The number of hydrogen-bond donors (Lipinski definition) is 0. The Hall–Kier alpha value is -19.9. The quantitative estimate of drug-likeness (QED) is 0.115. The lowest BCUT2D eigenvalue weighted by Gasteiger charge is -2.18. The van der Waals surface area contributed by atoms with Crippen LogP contribution in [0.25, 0.3) is 307 Å². The third-order valence-electron chi connectivity index (χ3n) is 31.5. The maximum atomic E-state index is 5.73. The standard InChI is InChI=1S/C76H47N3.C69H42N2/c1-4-20-49(21-5-1)73-75(50-22-6-2-7-23-50)79(76(78-73)51-24-8-3-9-25-51)54-40-36-48(37-41-54)72-47-68(53-39-43-65-60-31-13-11-27-56(60)58-29-15-17-33-62(58)70(65)45-53)71-46-67(63-34-18-19-35-66(63)74(71)77-72)52-38-42-64-59-30-12-10-26-55(59)57-28-14-16-32-61(57)69(64)44-52;1-3-17-43(18-4-1)69-70-67-41-44(33-36-68(67)71(69)48-19-5-2-6-20-48)47-39-61(45-31-34-59-53-25-9-7-21-49(53)51-23-11-14-28-56(51)63(59)37-45)66-42-62(55-27-13-16-30-58(55)65(66)40-47)46-32-35-60-54-26-10-8-22-50(54)52-24-12-15-29-57(52)64(60)38-46/h1-47H;1-42H. The zero-order valence-corrected chi connectivity index (χ0v) is 81.6. The lowest BCUT2D eigenvalue weighted by atomic mass is 9.85. The van der Waals surface area contributed by atoms with Crippen molar-refractivity contribution in [1.29, 1.82) is 0 Å². The Bertz CT molecular complexity index is 10900. The minimum atomic E-state index is 0.879. The number of para-hydroxylation sites is 1. The number of pyridine rings is 1. The van der Waals surface area contributed by atoms with Crippen LogP contribution in [0.5, 0.6) is 0 Å². The number of fused-ring (bicyclic) bond motifs is 31. The third-order valence-corrected chi connectivity index (χ3v) is 31.5. The van der Waals surface area contributed by atoms with Crippen LogP contribution in [0.4, 0.5) is 0 Å². The second-order valence-corrected chi connectivity index (χ2v) is 39.7. The van der Waals surface area contributed by atoms with Gasteiger partial charge in [-0.25, -0.2) is 15.0 Å². The van der Waals surface area contributed by atoms with Gasteiger partial charge in [0.1, 0.15) is 11.6 Å². The van der Waals surface area contributed by atoms with Gasteiger partial charge in [-0.3, -0.25) is 9.13 Å². The zero-order chi connectivity index (χ0) is 98.5. The lowest BCUT2D eigenvalue weighted by Crippen LogP contribution is -2.00. The summed E-state index contributed by atoms with van der Waals surface area (Å²) in [6.45, 7) is 0. The summed E-state index contributed by atoms with van der Waals surface area (Å²) in [5.74, 6) is 1.80. The molecule has 0 N–H and O–H groups in total. The second-order valence-electron chi connectivity index (χ2n) is 39.7. The normalized spacial score (nSPS) is 11.9. The van der Waals surface area contributed by atoms with Crippen molar-refractivity contribution in [1.82, 2.24) is 24.1 Å². The molecule has 0 fully saturated rings. The fourth-order valence-corrected chi connectivity index (χ4v) is 24.6. The van der Waals surface area contributed by atoms with E-state index in [0.29, 0.717) is 0 Å². The SMILES string of the molecule is c1ccc(-c2nc(-c3ccccc3)n(-c3ccc(-c4cc(-c5ccc6c7ccccc7c7ccccc7c6c5)c5cc(-c6ccc7c8ccccc8c8ccccc8c7c6)c6ccccc6c5n4)cc3)c2-c2ccccc2)cc1.c1ccc(-c2nc3cc(-c4cc(-c5ccc6c7ccccc7c7ccccc7c6c5)c5cc(-c6ccc7c8ccccc8c8ccccc8c7c6)c6ccccc6c5c4)ccc3n2-c2ccccc2)cc1. The van der Waals surface area contributed by atoms with Crippen molar-refractivity contribution >= 4 is 184 Å². The maximum absolute atomic E-state index is 5.73. The highest BCUT2D eigenvalue weighted by Crippen LogP contribution is 2.51. The van der Waals surface area contributed by atoms with Gasteiger partial charge < -0.3 is 0 Å². The molecule has 0 saturated heterocycles. The molecule has 0 saturated carbocycles. The van der Waals surface area contributed by atoms with E-state index in [2.05, 4.69) is 549 Å². The molecule has 0 aliphatic rings. The van der Waals surface area contributed by atoms with Crippen LogP contribution in [0, 0.1) is 0 Å². The number of nitrogens with zero attached hydrogens (tertiary/aromatic N) is 5. The van der Waals surface area contributed by atoms with Gasteiger partial charge in [-0.15, -0.1) is 0 Å². The minimum absolute atomic E-state index is 0.879. The molecule has 31 aromatic rings. The topological polar surface area (TPSA) is 48.5 Å². The largest absolute Gasteiger partial charge is 0.292 e. The van der Waals surface area contributed by atoms with Crippen molar-refractivity contribution < 1.29 is 0 Å². The Morgan fingerprint density at radius 2 is 0.407 bits per heavy atom. The molecule has 0 aliphatic heterocycles. The average molecular weight is 1900 g/mol. The van der Waals surface area contributed by atoms with Gasteiger partial charge >= 0.3 is 0 Å². The van der Waals surface area contributed by atoms with Crippen LogP contribution in [-0.4, -0.2) is 24.1 Å². The van der Waals surface area contributed by atoms with Crippen molar-refractivity contribution in [2.75, 3.05) is 0 Å². The van der Waals surface area contributed by atoms with Gasteiger partial charge in [0.15, 0.2) is 0 Å². The van der Waals surface area contributed by atoms with E-state index in [9.17, 15) is 0 Å². The Labute approximate surface area is 864 Å². The van der Waals surface area contributed by atoms with Crippen LogP contribution >= 0.6 is 0 Å². The lowest BCUT2D eigenvalue weighted by molar-refractivity contribution is 1.07. The molecule has 0 atom stereocenters. The first-order valence-electron chi connectivity index (χ1n) is 51.7. The Morgan fingerprint density at radius 1 is 0.133 bits per heavy atom. The molecule has 5 nitrogen and oxygen atoms in total. The number of imidazole rings is 2. The molecule has 31 rings (SSSR count). The van der Waals surface area contributed by atoms with Gasteiger partial charge in [0.25, 0.3) is 0 Å². The van der Waals surface area contributed by atoms with E-state index in [4.69, 9.17) is 15.0 Å². The zero-order valence-electron chi connectivity index (χ0n) is 81.6. The molecular weight excluding hydrogens is 1810 g/mol. The van der Waals surface area contributed by atoms with Crippen LogP contribution in [0.1, 0.15) is 0 Å². The number of aromatic nitrogens is 5. The Morgan fingerprint density at radius 3 is 0.807 bits per heavy atom. The Kier molecular flexibility index (Phi) is 20.0. The van der Waals surface area contributed by atoms with Crippen molar-refractivity contribution in [2.45, 2.75) is 0 Å². The summed E-state index contributed by atoms with van der Waals surface area (Å²) in [7, 11) is 0. The third kappa shape index (κ3) is 14.0. The van der Waals surface area contributed by atoms with E-state index in [1.807, 2.05) is 0 Å². The second kappa shape index (κ2) is 35.0. The van der Waals surface area contributed by atoms with E-state index < -0.39 is 0 Å². The van der Waals surface area contributed by atoms with E-state index in [1.165, 1.54) is 184 Å². The number of hydrogen-bond acceptors (Lipinski definition) is 3. The van der Waals surface area contributed by atoms with Crippen molar-refractivity contribution in [2.24, 2.45) is 0 Å². The molecule has 3 aromatic heterocycles. The van der Waals surface area contributed by atoms with Gasteiger partial charge in [-0.05, 0) is 303 Å². The molecule has 0 unspecified atom stereocenters. The van der Waals surface area contributed by atoms with Crippen LogP contribution < -0.4 is 0 Å². The monoisotopic (exact) mass is 1900 g/mol. The van der Waals surface area contributed by atoms with Crippen LogP contribution in [-0.2, 0) is 0 Å². The van der Waals surface area contributed by atoms with Crippen molar-refractivity contribution in [3.8, 4) is 124 Å². The highest BCUT2D eigenvalue weighted by molar-refractivity contribution is 6.32. The molecule has 3 heterocycles. The highest BCUT2D eigenvalue weighted by atomic mass is 15.1. The van der Waals surface area contributed by atoms with E-state index in [1.54, 1.807) is 0 Å². The van der Waals surface area contributed by atoms with Crippen LogP contribution in [0.15, 0.2) is 540 Å². The predicted octanol–water partition coefficient (Wildman–Crippen LogP) is 39.4. The summed E-state index contributed by atoms with van der Waals surface area (Å²) < 4.78 is 4.61. The molecule has 0 spiro atoms. The summed E-state index contributed by atoms with van der Waals surface area (Å²) in [6, 6.07) is 198. The fourth-order valence-electron chi connectivity index (χ4n) is 24.6. The summed E-state index contributed by atoms with van der Waals surface area (Å²) in [5.41, 5.74) is 25.0. The predicted molar refractivity (Wildman–Crippen MR) is 637 cm³/mol. The molecule has 694 valence electrons. The average Bonchev–Trinajstić information content (AvgIpc) is 0.950. The van der Waals surface area contributed by atoms with Crippen molar-refractivity contribution in [3.05, 3.63) is 540 Å². The van der Waals surface area contributed by atoms with E-state index >= 15 is 0 Å². The summed E-state index contributed by atoms with van der Waals surface area (Å²) in [4.78, 5) is 16.6. The highest BCUT2D eigenvalue weighted by Gasteiger charge is 2.28. The van der Waals surface area contributed by atoms with Gasteiger partial charge in [0.2, 0.25) is 0 Å². The van der Waals surface area contributed by atoms with Gasteiger partial charge in [0.05, 0.1) is 33.6 Å². The van der Waals surface area contributed by atoms with Crippen LogP contribution in [0.3, 0.4) is 0 Å². The Balaban J connectivity index is 0.000000139. The fraction of sp³-hybridized carbons (Fsp3) is 0. The first-order chi connectivity index (χ1) is 74.4. The van der Waals surface area contributed by atoms with Gasteiger partial charge in [-0.1, -0.05) is 449 Å². The molecule has 28 aromatic carbocycles. The van der Waals surface area contributed by atoms with Crippen molar-refractivity contribution in [3.63, 3.8) is 0 Å². The summed E-state index contributed by atoms with van der Waals surface area (Å²) in [5, 5.41) is 38.6. The molecule has 150 heavy (non-hydrogen) atoms. The van der Waals surface area contributed by atoms with Gasteiger partial charge in [0, 0.05) is 50.0 Å². The molecule has 0 bridgehead atoms. The maximum Gasteiger partial charge on any atom is 0.145 e. The molecule has 5 heteroatoms. The smallest absolute Gasteiger partial charge is 0.145 e. The molecular formula is C145H89N5. The first-order valence-corrected chi connectivity index (χ1v) is 51.7. The van der Waals surface area contributed by atoms with E-state index in [0.717, 1.165) is 123 Å². The number of benzene rings is 28. The summed E-state index contributed by atoms with van der Waals surface area (Å²) >= 11 is 0. The molecule has 0 amide bonds. The van der Waals surface area contributed by atoms with Gasteiger partial charge in [-0.2, -0.15) is 0 Å².